The van der Waals surface area contributed by atoms with Gasteiger partial charge < -0.3 is 5.32 Å². The van der Waals surface area contributed by atoms with Gasteiger partial charge in [0, 0.05) is 6.54 Å². The Morgan fingerprint density at radius 1 is 1.44 bits per heavy atom. The highest BCUT2D eigenvalue weighted by Crippen LogP contribution is 2.09. The molecule has 0 saturated heterocycles. The van der Waals surface area contributed by atoms with Crippen molar-refractivity contribution in [1.82, 2.24) is 5.32 Å². The summed E-state index contributed by atoms with van der Waals surface area (Å²) < 4.78 is 13.0. The van der Waals surface area contributed by atoms with Gasteiger partial charge in [-0.3, -0.25) is 0 Å². The molecule has 0 bridgehead atoms. The normalized spacial score (nSPS) is 12.8. The summed E-state index contributed by atoms with van der Waals surface area (Å²) in [4.78, 5) is 0. The first-order valence-electron chi connectivity index (χ1n) is 5.58. The molecule has 0 spiro atoms. The summed E-state index contributed by atoms with van der Waals surface area (Å²) in [6, 6.07) is 5.29. The van der Waals surface area contributed by atoms with Crippen LogP contribution in [-0.4, -0.2) is 18.6 Å². The van der Waals surface area contributed by atoms with Crippen molar-refractivity contribution in [3.8, 4) is 0 Å². The maximum Gasteiger partial charge on any atom is 0.126 e. The average Bonchev–Trinajstić information content (AvgIpc) is 2.24. The van der Waals surface area contributed by atoms with Gasteiger partial charge in [-0.15, -0.1) is 0 Å². The highest BCUT2D eigenvalue weighted by molar-refractivity contribution is 7.98. The fourth-order valence-electron chi connectivity index (χ4n) is 1.62. The first-order chi connectivity index (χ1) is 7.63. The van der Waals surface area contributed by atoms with Crippen LogP contribution in [0.25, 0.3) is 0 Å². The molecule has 1 aromatic carbocycles. The van der Waals surface area contributed by atoms with Gasteiger partial charge in [-0.05, 0) is 48.6 Å². The van der Waals surface area contributed by atoms with Gasteiger partial charge in [0.15, 0.2) is 0 Å². The molecular weight excluding hydrogens is 221 g/mol. The van der Waals surface area contributed by atoms with Crippen molar-refractivity contribution in [3.05, 3.63) is 35.1 Å². The van der Waals surface area contributed by atoms with Gasteiger partial charge in [-0.2, -0.15) is 11.8 Å². The minimum atomic E-state index is -0.125. The third kappa shape index (κ3) is 4.54. The maximum atomic E-state index is 13.0. The predicted octanol–water partition coefficient (Wildman–Crippen LogP) is 3.22. The van der Waals surface area contributed by atoms with Crippen LogP contribution < -0.4 is 5.32 Å². The second kappa shape index (κ2) is 6.92. The van der Waals surface area contributed by atoms with Gasteiger partial charge in [0.1, 0.15) is 5.82 Å². The van der Waals surface area contributed by atoms with E-state index in [4.69, 9.17) is 0 Å². The summed E-state index contributed by atoms with van der Waals surface area (Å²) >= 11 is 1.87. The summed E-state index contributed by atoms with van der Waals surface area (Å²) in [5, 5.41) is 3.40. The van der Waals surface area contributed by atoms with Crippen molar-refractivity contribution >= 4 is 11.8 Å². The van der Waals surface area contributed by atoms with E-state index in [1.54, 1.807) is 6.92 Å². The highest BCUT2D eigenvalue weighted by Gasteiger charge is 2.02. The molecule has 3 heteroatoms. The number of halogens is 1. The Hall–Kier alpha value is -0.540. The molecule has 90 valence electrons. The molecule has 1 N–H and O–H groups in total. The summed E-state index contributed by atoms with van der Waals surface area (Å²) in [7, 11) is 0. The Kier molecular flexibility index (Phi) is 5.85. The molecule has 1 rings (SSSR count). The highest BCUT2D eigenvalue weighted by atomic mass is 32.2. The molecule has 1 aromatic rings. The Bertz CT molecular complexity index is 328. The predicted molar refractivity (Wildman–Crippen MR) is 70.4 cm³/mol. The number of nitrogens with one attached hydrogen (secondary N) is 1. The zero-order valence-electron chi connectivity index (χ0n) is 10.2. The molecule has 1 unspecified atom stereocenters. The first-order valence-corrected chi connectivity index (χ1v) is 6.97. The second-order valence-electron chi connectivity index (χ2n) is 4.27. The molecule has 0 aliphatic carbocycles. The molecule has 1 nitrogen and oxygen atoms in total. The van der Waals surface area contributed by atoms with Crippen molar-refractivity contribution in [2.75, 3.05) is 18.6 Å². The Morgan fingerprint density at radius 3 is 2.81 bits per heavy atom. The zero-order valence-corrected chi connectivity index (χ0v) is 11.0. The van der Waals surface area contributed by atoms with Crippen LogP contribution in [-0.2, 0) is 6.54 Å². The number of rotatable bonds is 6. The quantitative estimate of drug-likeness (QED) is 0.820. The third-order valence-corrected chi connectivity index (χ3v) is 3.40. The smallest absolute Gasteiger partial charge is 0.126 e. The molecule has 0 heterocycles. The number of hydrogen-bond donors (Lipinski definition) is 1. The van der Waals surface area contributed by atoms with Crippen LogP contribution >= 0.6 is 11.8 Å². The van der Waals surface area contributed by atoms with Crippen molar-refractivity contribution in [1.29, 1.82) is 0 Å². The number of thioether (sulfide) groups is 1. The van der Waals surface area contributed by atoms with Gasteiger partial charge >= 0.3 is 0 Å². The van der Waals surface area contributed by atoms with E-state index in [2.05, 4.69) is 18.5 Å². The van der Waals surface area contributed by atoms with Crippen LogP contribution in [0.15, 0.2) is 18.2 Å². The van der Waals surface area contributed by atoms with E-state index >= 15 is 0 Å². The Balaban J connectivity index is 2.34. The monoisotopic (exact) mass is 241 g/mol. The lowest BCUT2D eigenvalue weighted by atomic mass is 10.1. The van der Waals surface area contributed by atoms with Gasteiger partial charge in [0.2, 0.25) is 0 Å². The molecule has 1 atom stereocenters. The minimum Gasteiger partial charge on any atom is -0.312 e. The molecule has 0 aromatic heterocycles. The summed E-state index contributed by atoms with van der Waals surface area (Å²) in [6.45, 7) is 5.87. The fraction of sp³-hybridized carbons (Fsp3) is 0.538. The molecule has 0 saturated carbocycles. The van der Waals surface area contributed by atoms with E-state index in [0.29, 0.717) is 5.92 Å². The molecule has 0 radical (unpaired) electrons. The summed E-state index contributed by atoms with van der Waals surface area (Å²) in [5.74, 6) is 1.73. The van der Waals surface area contributed by atoms with Gasteiger partial charge in [0.05, 0.1) is 0 Å². The van der Waals surface area contributed by atoms with Crippen molar-refractivity contribution in [2.45, 2.75) is 20.4 Å². The van der Waals surface area contributed by atoms with Crippen molar-refractivity contribution < 1.29 is 4.39 Å². The number of aryl methyl sites for hydroxylation is 1. The first kappa shape index (κ1) is 13.5. The standard InChI is InChI=1S/C13H20FNS/c1-10(9-16-3)7-15-8-12-4-5-13(14)11(2)6-12/h4-6,10,15H,7-9H2,1-3H3. The maximum absolute atomic E-state index is 13.0. The second-order valence-corrected chi connectivity index (χ2v) is 5.19. The van der Waals surface area contributed by atoms with Gasteiger partial charge in [-0.25, -0.2) is 4.39 Å². The van der Waals surface area contributed by atoms with E-state index < -0.39 is 0 Å². The van der Waals surface area contributed by atoms with Crippen molar-refractivity contribution in [3.63, 3.8) is 0 Å². The molecule has 0 fully saturated rings. The lowest BCUT2D eigenvalue weighted by Gasteiger charge is -2.11. The van der Waals surface area contributed by atoms with Crippen molar-refractivity contribution in [2.24, 2.45) is 5.92 Å². The van der Waals surface area contributed by atoms with E-state index in [1.165, 1.54) is 11.8 Å². The SMILES string of the molecule is CSCC(C)CNCc1ccc(F)c(C)c1. The topological polar surface area (TPSA) is 12.0 Å². The average molecular weight is 241 g/mol. The van der Waals surface area contributed by atoms with Crippen LogP contribution in [0.2, 0.25) is 0 Å². The van der Waals surface area contributed by atoms with E-state index in [9.17, 15) is 4.39 Å². The van der Waals surface area contributed by atoms with E-state index in [1.807, 2.05) is 23.9 Å². The molecule has 0 aliphatic heterocycles. The van der Waals surface area contributed by atoms with Gasteiger partial charge in [0.25, 0.3) is 0 Å². The summed E-state index contributed by atoms with van der Waals surface area (Å²) in [6.07, 6.45) is 2.12. The van der Waals surface area contributed by atoms with Gasteiger partial charge in [-0.1, -0.05) is 19.1 Å². The van der Waals surface area contributed by atoms with E-state index in [-0.39, 0.29) is 5.82 Å². The molecule has 0 amide bonds. The lowest BCUT2D eigenvalue weighted by molar-refractivity contribution is 0.558. The van der Waals surface area contributed by atoms with Crippen LogP contribution in [0.4, 0.5) is 4.39 Å². The fourth-order valence-corrected chi connectivity index (χ4v) is 2.31. The largest absolute Gasteiger partial charge is 0.312 e. The molecular formula is C13H20FNS. The van der Waals surface area contributed by atoms with E-state index in [0.717, 1.165) is 24.2 Å². The van der Waals surface area contributed by atoms with Crippen LogP contribution in [0.5, 0.6) is 0 Å². The van der Waals surface area contributed by atoms with Crippen LogP contribution in [0.1, 0.15) is 18.1 Å². The molecule has 0 aliphatic rings. The third-order valence-electron chi connectivity index (χ3n) is 2.50. The number of hydrogen-bond acceptors (Lipinski definition) is 2. The molecule has 16 heavy (non-hydrogen) atoms. The Morgan fingerprint density at radius 2 is 2.19 bits per heavy atom. The zero-order chi connectivity index (χ0) is 12.0. The number of benzene rings is 1. The minimum absolute atomic E-state index is 0.125. The Labute approximate surface area is 102 Å². The summed E-state index contributed by atoms with van der Waals surface area (Å²) in [5.41, 5.74) is 1.87. The van der Waals surface area contributed by atoms with Crippen LogP contribution in [0.3, 0.4) is 0 Å². The lowest BCUT2D eigenvalue weighted by Crippen LogP contribution is -2.22. The van der Waals surface area contributed by atoms with Crippen LogP contribution in [0, 0.1) is 18.7 Å².